The first-order valence-corrected chi connectivity index (χ1v) is 11.6. The Bertz CT molecular complexity index is 1510. The highest BCUT2D eigenvalue weighted by molar-refractivity contribution is 7.20. The lowest BCUT2D eigenvalue weighted by Crippen LogP contribution is -2.32. The van der Waals surface area contributed by atoms with Gasteiger partial charge in [-0.1, -0.05) is 30.3 Å². The highest BCUT2D eigenvalue weighted by atomic mass is 32.1. The number of nitriles is 1. The number of aromatic nitrogens is 4. The van der Waals surface area contributed by atoms with Crippen molar-refractivity contribution in [2.45, 2.75) is 26.3 Å². The molecule has 1 aromatic carbocycles. The number of rotatable bonds is 7. The van der Waals surface area contributed by atoms with Gasteiger partial charge in [0.2, 0.25) is 5.91 Å². The fourth-order valence-electron chi connectivity index (χ4n) is 3.59. The second-order valence-corrected chi connectivity index (χ2v) is 8.87. The number of fused-ring (bicyclic) bond motifs is 1. The maximum absolute atomic E-state index is 13.3. The monoisotopic (exact) mass is 490 g/mol. The lowest BCUT2D eigenvalue weighted by Gasteiger charge is -2.15. The number of ether oxygens (including phenoxy) is 1. The van der Waals surface area contributed by atoms with Gasteiger partial charge in [0, 0.05) is 13.5 Å². The Balaban J connectivity index is 1.54. The van der Waals surface area contributed by atoms with Gasteiger partial charge in [-0.2, -0.15) is 10.4 Å². The lowest BCUT2D eigenvalue weighted by atomic mass is 10.2. The predicted molar refractivity (Wildman–Crippen MR) is 130 cm³/mol. The van der Waals surface area contributed by atoms with Gasteiger partial charge < -0.3 is 10.1 Å². The number of esters is 1. The summed E-state index contributed by atoms with van der Waals surface area (Å²) >= 11 is 1.08. The minimum Gasteiger partial charge on any atom is -0.461 e. The SMILES string of the molecule is Cc1c(C(=O)OCCc2ccccc2)sc2ncn(C(C)C(=O)Nc3c(C#N)cnn3C)c(=O)c12. The molecule has 4 rings (SSSR count). The van der Waals surface area contributed by atoms with Crippen LogP contribution in [0.25, 0.3) is 10.2 Å². The van der Waals surface area contributed by atoms with Gasteiger partial charge in [0.25, 0.3) is 5.56 Å². The van der Waals surface area contributed by atoms with Gasteiger partial charge in [0.1, 0.15) is 33.2 Å². The summed E-state index contributed by atoms with van der Waals surface area (Å²) in [6, 6.07) is 10.7. The van der Waals surface area contributed by atoms with Crippen LogP contribution < -0.4 is 10.9 Å². The molecule has 0 aliphatic heterocycles. The Morgan fingerprint density at radius 2 is 2.03 bits per heavy atom. The van der Waals surface area contributed by atoms with Crippen LogP contribution in [0.15, 0.2) is 47.7 Å². The maximum Gasteiger partial charge on any atom is 0.348 e. The van der Waals surface area contributed by atoms with Crippen molar-refractivity contribution in [1.82, 2.24) is 19.3 Å². The van der Waals surface area contributed by atoms with E-state index in [2.05, 4.69) is 15.4 Å². The molecule has 1 N–H and O–H groups in total. The maximum atomic E-state index is 13.3. The van der Waals surface area contributed by atoms with Crippen LogP contribution in [0.3, 0.4) is 0 Å². The van der Waals surface area contributed by atoms with Crippen LogP contribution in [0, 0.1) is 18.3 Å². The number of hydrogen-bond acceptors (Lipinski definition) is 8. The van der Waals surface area contributed by atoms with E-state index in [1.165, 1.54) is 21.8 Å². The molecule has 178 valence electrons. The number of amides is 1. The fraction of sp³-hybridized carbons (Fsp3) is 0.250. The quantitative estimate of drug-likeness (QED) is 0.394. The van der Waals surface area contributed by atoms with Gasteiger partial charge in [-0.05, 0) is 25.0 Å². The molecular weight excluding hydrogens is 468 g/mol. The summed E-state index contributed by atoms with van der Waals surface area (Å²) in [5.41, 5.74) is 1.28. The standard InChI is InChI=1S/C24H22N6O4S/c1-14-18-22(35-19(14)24(33)34-10-9-16-7-5-4-6-8-16)26-13-30(23(18)32)15(2)21(31)28-20-17(11-25)12-27-29(20)3/h4-8,12-13,15H,9-10H2,1-3H3,(H,28,31). The lowest BCUT2D eigenvalue weighted by molar-refractivity contribution is -0.118. The second kappa shape index (κ2) is 9.90. The average molecular weight is 491 g/mol. The topological polar surface area (TPSA) is 132 Å². The molecule has 0 spiro atoms. The van der Waals surface area contributed by atoms with E-state index in [-0.39, 0.29) is 23.4 Å². The van der Waals surface area contributed by atoms with Crippen LogP contribution in [0.4, 0.5) is 5.82 Å². The van der Waals surface area contributed by atoms with Crippen molar-refractivity contribution in [2.75, 3.05) is 11.9 Å². The largest absolute Gasteiger partial charge is 0.461 e. The molecule has 0 aliphatic rings. The molecule has 0 saturated heterocycles. The van der Waals surface area contributed by atoms with Gasteiger partial charge in [-0.3, -0.25) is 18.8 Å². The van der Waals surface area contributed by atoms with Crippen LogP contribution in [0.5, 0.6) is 0 Å². The molecule has 10 nitrogen and oxygen atoms in total. The molecule has 1 unspecified atom stereocenters. The van der Waals surface area contributed by atoms with Gasteiger partial charge >= 0.3 is 5.97 Å². The van der Waals surface area contributed by atoms with E-state index < -0.39 is 23.5 Å². The number of hydrogen-bond donors (Lipinski definition) is 1. The minimum absolute atomic E-state index is 0.207. The molecule has 0 bridgehead atoms. The van der Waals surface area contributed by atoms with E-state index in [0.717, 1.165) is 16.9 Å². The molecule has 0 radical (unpaired) electrons. The summed E-state index contributed by atoms with van der Waals surface area (Å²) in [5, 5.41) is 16.1. The van der Waals surface area contributed by atoms with Gasteiger partial charge in [-0.25, -0.2) is 9.78 Å². The molecule has 11 heteroatoms. The number of carbonyl (C=O) groups excluding carboxylic acids is 2. The highest BCUT2D eigenvalue weighted by Gasteiger charge is 2.24. The van der Waals surface area contributed by atoms with E-state index in [1.807, 2.05) is 36.4 Å². The zero-order valence-corrected chi connectivity index (χ0v) is 20.1. The first kappa shape index (κ1) is 23.8. The Kier molecular flexibility index (Phi) is 6.75. The first-order chi connectivity index (χ1) is 16.8. The predicted octanol–water partition coefficient (Wildman–Crippen LogP) is 2.97. The first-order valence-electron chi connectivity index (χ1n) is 10.8. The van der Waals surface area contributed by atoms with E-state index in [1.54, 1.807) is 20.9 Å². The summed E-state index contributed by atoms with van der Waals surface area (Å²) in [6.45, 7) is 3.43. The molecule has 1 atom stereocenters. The molecule has 3 heterocycles. The number of benzene rings is 1. The Labute approximate surface area is 204 Å². The van der Waals surface area contributed by atoms with E-state index in [0.29, 0.717) is 21.7 Å². The Hall–Kier alpha value is -4.30. The highest BCUT2D eigenvalue weighted by Crippen LogP contribution is 2.28. The Morgan fingerprint density at radius 3 is 2.74 bits per heavy atom. The van der Waals surface area contributed by atoms with Crippen molar-refractivity contribution in [3.63, 3.8) is 0 Å². The summed E-state index contributed by atoms with van der Waals surface area (Å²) < 4.78 is 7.99. The summed E-state index contributed by atoms with van der Waals surface area (Å²) in [4.78, 5) is 43.8. The van der Waals surface area contributed by atoms with Crippen LogP contribution in [-0.4, -0.2) is 37.8 Å². The fourth-order valence-corrected chi connectivity index (χ4v) is 4.63. The molecule has 0 saturated carbocycles. The van der Waals surface area contributed by atoms with Crippen molar-refractivity contribution >= 4 is 39.2 Å². The third kappa shape index (κ3) is 4.69. The third-order valence-corrected chi connectivity index (χ3v) is 6.81. The van der Waals surface area contributed by atoms with Crippen molar-refractivity contribution in [2.24, 2.45) is 7.05 Å². The van der Waals surface area contributed by atoms with Crippen LogP contribution in [0.2, 0.25) is 0 Å². The Morgan fingerprint density at radius 1 is 1.29 bits per heavy atom. The van der Waals surface area contributed by atoms with Crippen molar-refractivity contribution in [1.29, 1.82) is 5.26 Å². The van der Waals surface area contributed by atoms with Crippen molar-refractivity contribution < 1.29 is 14.3 Å². The molecule has 0 fully saturated rings. The molecule has 4 aromatic rings. The number of carbonyl (C=O) groups is 2. The van der Waals surface area contributed by atoms with Gasteiger partial charge in [0.05, 0.1) is 24.5 Å². The van der Waals surface area contributed by atoms with Crippen LogP contribution in [-0.2, 0) is 23.0 Å². The number of nitrogens with one attached hydrogen (secondary N) is 1. The zero-order valence-electron chi connectivity index (χ0n) is 19.3. The smallest absolute Gasteiger partial charge is 0.348 e. The number of nitrogens with zero attached hydrogens (tertiary/aromatic N) is 5. The normalized spacial score (nSPS) is 11.7. The summed E-state index contributed by atoms with van der Waals surface area (Å²) in [5.74, 6) is -0.793. The molecular formula is C24H22N6O4S. The average Bonchev–Trinajstić information content (AvgIpc) is 3.39. The molecule has 35 heavy (non-hydrogen) atoms. The number of anilines is 1. The zero-order chi connectivity index (χ0) is 25.1. The van der Waals surface area contributed by atoms with Crippen molar-refractivity contribution in [3.05, 3.63) is 74.8 Å². The number of aryl methyl sites for hydroxylation is 2. The minimum atomic E-state index is -0.929. The van der Waals surface area contributed by atoms with Crippen LogP contribution in [0.1, 0.15) is 39.3 Å². The van der Waals surface area contributed by atoms with Crippen molar-refractivity contribution in [3.8, 4) is 6.07 Å². The second-order valence-electron chi connectivity index (χ2n) is 7.87. The third-order valence-electron chi connectivity index (χ3n) is 5.63. The number of thiophene rings is 1. The van der Waals surface area contributed by atoms with Crippen LogP contribution >= 0.6 is 11.3 Å². The van der Waals surface area contributed by atoms with E-state index in [9.17, 15) is 19.6 Å². The molecule has 1 amide bonds. The van der Waals surface area contributed by atoms with Gasteiger partial charge in [0.15, 0.2) is 0 Å². The molecule has 0 aliphatic carbocycles. The van der Waals surface area contributed by atoms with E-state index >= 15 is 0 Å². The van der Waals surface area contributed by atoms with E-state index in [4.69, 9.17) is 4.74 Å². The summed E-state index contributed by atoms with van der Waals surface area (Å²) in [6.07, 6.45) is 3.21. The van der Waals surface area contributed by atoms with Gasteiger partial charge in [-0.15, -0.1) is 11.3 Å². The summed E-state index contributed by atoms with van der Waals surface area (Å²) in [7, 11) is 1.59. The molecule has 3 aromatic heterocycles.